The number of fused-ring (bicyclic) bond motifs is 3. The van der Waals surface area contributed by atoms with Crippen LogP contribution < -0.4 is 15.8 Å². The fourth-order valence-corrected chi connectivity index (χ4v) is 5.48. The molecule has 0 spiro atoms. The zero-order chi connectivity index (χ0) is 27.4. The Balaban J connectivity index is 1.52. The van der Waals surface area contributed by atoms with Gasteiger partial charge in [0.05, 0.1) is 16.6 Å². The minimum atomic E-state index is -0.519. The fraction of sp³-hybridized carbons (Fsp3) is 0.452. The highest BCUT2D eigenvalue weighted by molar-refractivity contribution is 6.07. The lowest BCUT2D eigenvalue weighted by atomic mass is 9.88. The first-order valence-electron chi connectivity index (χ1n) is 14.0. The van der Waals surface area contributed by atoms with Crippen LogP contribution in [0.2, 0.25) is 0 Å². The molecule has 0 atom stereocenters. The molecule has 2 aromatic heterocycles. The zero-order valence-corrected chi connectivity index (χ0v) is 23.2. The summed E-state index contributed by atoms with van der Waals surface area (Å²) in [5, 5.41) is 4.22. The van der Waals surface area contributed by atoms with Gasteiger partial charge in [-0.05, 0) is 57.4 Å². The Bertz CT molecular complexity index is 1440. The molecule has 2 aromatic carbocycles. The Labute approximate surface area is 229 Å². The molecule has 5 rings (SSSR count). The van der Waals surface area contributed by atoms with E-state index in [-0.39, 0.29) is 11.8 Å². The van der Waals surface area contributed by atoms with Crippen molar-refractivity contribution >= 4 is 33.7 Å². The molecule has 0 radical (unpaired) electrons. The summed E-state index contributed by atoms with van der Waals surface area (Å²) < 4.78 is 14.1. The third-order valence-electron chi connectivity index (χ3n) is 7.43. The summed E-state index contributed by atoms with van der Waals surface area (Å²) in [6, 6.07) is 15.9. The minimum absolute atomic E-state index is 0.0884. The number of amides is 1. The number of nitrogens with zero attached hydrogens (tertiary/aromatic N) is 3. The van der Waals surface area contributed by atoms with Crippen molar-refractivity contribution in [2.75, 3.05) is 12.3 Å². The van der Waals surface area contributed by atoms with Gasteiger partial charge in [-0.3, -0.25) is 4.79 Å². The first kappa shape index (κ1) is 26.9. The van der Waals surface area contributed by atoms with Crippen LogP contribution in [-0.4, -0.2) is 32.6 Å². The highest BCUT2D eigenvalue weighted by Crippen LogP contribution is 2.33. The van der Waals surface area contributed by atoms with Crippen LogP contribution in [0.1, 0.15) is 64.3 Å². The number of nitrogens with two attached hydrogens (primary N) is 1. The highest BCUT2D eigenvalue weighted by Gasteiger charge is 2.29. The van der Waals surface area contributed by atoms with Crippen LogP contribution in [0.25, 0.3) is 21.9 Å². The standard InChI is InChI=1S/C31H39N5O3/c1-4-38-19-26-34-27-28(36(26)20-31(2,3)35-30(37)22-13-9-6-10-14-22)24-17-23(15-16-25(24)33-29(27)32)39-18-21-11-7-5-8-12-21/h5,7-8,11-12,15-17,22H,4,6,9-10,13-14,18-20H2,1-3H3,(H2,32,33)(H,35,37). The number of hydrogen-bond donors (Lipinski definition) is 2. The number of imidazole rings is 1. The molecule has 1 saturated carbocycles. The van der Waals surface area contributed by atoms with Crippen molar-refractivity contribution in [3.63, 3.8) is 0 Å². The monoisotopic (exact) mass is 529 g/mol. The molecular formula is C31H39N5O3. The maximum absolute atomic E-state index is 13.2. The number of rotatable bonds is 10. The van der Waals surface area contributed by atoms with Crippen molar-refractivity contribution in [1.29, 1.82) is 0 Å². The summed E-state index contributed by atoms with van der Waals surface area (Å²) >= 11 is 0. The quantitative estimate of drug-likeness (QED) is 0.271. The predicted octanol–water partition coefficient (Wildman–Crippen LogP) is 5.76. The summed E-state index contributed by atoms with van der Waals surface area (Å²) in [4.78, 5) is 22.7. The van der Waals surface area contributed by atoms with Crippen molar-refractivity contribution < 1.29 is 14.3 Å². The molecule has 0 bridgehead atoms. The van der Waals surface area contributed by atoms with Gasteiger partial charge in [0.1, 0.15) is 30.3 Å². The molecule has 0 aliphatic heterocycles. The fourth-order valence-electron chi connectivity index (χ4n) is 5.48. The Kier molecular flexibility index (Phi) is 8.02. The highest BCUT2D eigenvalue weighted by atomic mass is 16.5. The van der Waals surface area contributed by atoms with Gasteiger partial charge >= 0.3 is 0 Å². The van der Waals surface area contributed by atoms with Gasteiger partial charge in [0.2, 0.25) is 5.91 Å². The number of ether oxygens (including phenoxy) is 2. The topological polar surface area (TPSA) is 104 Å². The summed E-state index contributed by atoms with van der Waals surface area (Å²) in [5.74, 6) is 2.09. The SMILES string of the molecule is CCOCc1nc2c(N)nc3ccc(OCc4ccccc4)cc3c2n1CC(C)(C)NC(=O)C1CCCCC1. The molecular weight excluding hydrogens is 490 g/mol. The number of pyridine rings is 1. The average molecular weight is 530 g/mol. The lowest BCUT2D eigenvalue weighted by molar-refractivity contribution is -0.127. The van der Waals surface area contributed by atoms with Crippen LogP contribution >= 0.6 is 0 Å². The van der Waals surface area contributed by atoms with E-state index in [1.54, 1.807) is 0 Å². The van der Waals surface area contributed by atoms with E-state index in [0.29, 0.717) is 37.7 Å². The lowest BCUT2D eigenvalue weighted by Gasteiger charge is -2.31. The Morgan fingerprint density at radius 3 is 2.59 bits per heavy atom. The van der Waals surface area contributed by atoms with Gasteiger partial charge in [0, 0.05) is 24.5 Å². The number of aromatic nitrogens is 3. The second-order valence-corrected chi connectivity index (χ2v) is 11.1. The molecule has 39 heavy (non-hydrogen) atoms. The van der Waals surface area contributed by atoms with E-state index in [0.717, 1.165) is 59.2 Å². The molecule has 8 heteroatoms. The van der Waals surface area contributed by atoms with Gasteiger partial charge in [-0.1, -0.05) is 49.6 Å². The summed E-state index contributed by atoms with van der Waals surface area (Å²) in [7, 11) is 0. The molecule has 1 fully saturated rings. The van der Waals surface area contributed by atoms with E-state index in [9.17, 15) is 4.79 Å². The van der Waals surface area contributed by atoms with E-state index >= 15 is 0 Å². The number of nitrogens with one attached hydrogen (secondary N) is 1. The minimum Gasteiger partial charge on any atom is -0.489 e. The molecule has 1 amide bonds. The van der Waals surface area contributed by atoms with Gasteiger partial charge in [-0.25, -0.2) is 9.97 Å². The number of anilines is 1. The third kappa shape index (κ3) is 6.17. The first-order chi connectivity index (χ1) is 18.8. The van der Waals surface area contributed by atoms with E-state index in [2.05, 4.69) is 28.7 Å². The molecule has 8 nitrogen and oxygen atoms in total. The lowest BCUT2D eigenvalue weighted by Crippen LogP contribution is -2.49. The molecule has 3 N–H and O–H groups in total. The summed E-state index contributed by atoms with van der Waals surface area (Å²) in [5.41, 5.74) is 9.26. The van der Waals surface area contributed by atoms with Crippen molar-refractivity contribution in [3.8, 4) is 5.75 Å². The van der Waals surface area contributed by atoms with Crippen molar-refractivity contribution in [2.45, 2.75) is 78.2 Å². The third-order valence-corrected chi connectivity index (χ3v) is 7.43. The van der Waals surface area contributed by atoms with Gasteiger partial charge in [0.25, 0.3) is 0 Å². The summed E-state index contributed by atoms with van der Waals surface area (Å²) in [6.45, 7) is 7.96. The number of hydrogen-bond acceptors (Lipinski definition) is 6. The predicted molar refractivity (Wildman–Crippen MR) is 154 cm³/mol. The van der Waals surface area contributed by atoms with E-state index in [4.69, 9.17) is 20.2 Å². The van der Waals surface area contributed by atoms with E-state index < -0.39 is 5.54 Å². The summed E-state index contributed by atoms with van der Waals surface area (Å²) in [6.07, 6.45) is 5.38. The van der Waals surface area contributed by atoms with Crippen molar-refractivity contribution in [2.24, 2.45) is 5.92 Å². The Morgan fingerprint density at radius 2 is 1.85 bits per heavy atom. The Hall–Kier alpha value is -3.65. The average Bonchev–Trinajstić information content (AvgIpc) is 3.29. The van der Waals surface area contributed by atoms with E-state index in [1.807, 2.05) is 55.5 Å². The van der Waals surface area contributed by atoms with Crippen LogP contribution in [0, 0.1) is 5.92 Å². The van der Waals surface area contributed by atoms with Crippen LogP contribution in [-0.2, 0) is 29.3 Å². The smallest absolute Gasteiger partial charge is 0.223 e. The van der Waals surface area contributed by atoms with Gasteiger partial charge in [-0.2, -0.15) is 0 Å². The van der Waals surface area contributed by atoms with Crippen molar-refractivity contribution in [1.82, 2.24) is 19.9 Å². The van der Waals surface area contributed by atoms with Crippen LogP contribution in [0.15, 0.2) is 48.5 Å². The maximum atomic E-state index is 13.2. The molecule has 1 aliphatic carbocycles. The largest absolute Gasteiger partial charge is 0.489 e. The number of carbonyl (C=O) groups excluding carboxylic acids is 1. The molecule has 0 unspecified atom stereocenters. The van der Waals surface area contributed by atoms with Crippen molar-refractivity contribution in [3.05, 3.63) is 59.9 Å². The normalized spacial score (nSPS) is 14.6. The second kappa shape index (κ2) is 11.6. The second-order valence-electron chi connectivity index (χ2n) is 11.1. The van der Waals surface area contributed by atoms with Gasteiger partial charge in [0.15, 0.2) is 5.82 Å². The van der Waals surface area contributed by atoms with Gasteiger partial charge in [-0.15, -0.1) is 0 Å². The molecule has 206 valence electrons. The number of carbonyl (C=O) groups is 1. The first-order valence-corrected chi connectivity index (χ1v) is 14.0. The van der Waals surface area contributed by atoms with Gasteiger partial charge < -0.3 is 25.1 Å². The molecule has 4 aromatic rings. The molecule has 0 saturated heterocycles. The van der Waals surface area contributed by atoms with E-state index in [1.165, 1.54) is 6.42 Å². The molecule has 1 aliphatic rings. The van der Waals surface area contributed by atoms with Crippen LogP contribution in [0.3, 0.4) is 0 Å². The van der Waals surface area contributed by atoms with Crippen LogP contribution in [0.4, 0.5) is 5.82 Å². The maximum Gasteiger partial charge on any atom is 0.223 e. The zero-order valence-electron chi connectivity index (χ0n) is 23.2. The Morgan fingerprint density at radius 1 is 1.08 bits per heavy atom. The number of nitrogen functional groups attached to an aromatic ring is 1. The molecule has 2 heterocycles. The number of benzene rings is 2. The van der Waals surface area contributed by atoms with Crippen LogP contribution in [0.5, 0.6) is 5.75 Å².